The number of nitrogens with zero attached hydrogens (tertiary/aromatic N) is 3. The molecule has 4 heteroatoms. The first-order chi connectivity index (χ1) is 11.1. The van der Waals surface area contributed by atoms with E-state index in [1.165, 1.54) is 23.5 Å². The van der Waals surface area contributed by atoms with E-state index in [0.717, 1.165) is 25.4 Å². The van der Waals surface area contributed by atoms with Crippen molar-refractivity contribution in [1.82, 2.24) is 14.5 Å². The van der Waals surface area contributed by atoms with E-state index in [0.29, 0.717) is 12.0 Å². The molecule has 0 saturated carbocycles. The molecule has 1 atom stereocenters. The zero-order chi connectivity index (χ0) is 16.4. The van der Waals surface area contributed by atoms with Crippen molar-refractivity contribution in [3.8, 4) is 5.75 Å². The Bertz CT molecular complexity index is 662. The third-order valence-electron chi connectivity index (χ3n) is 4.70. The molecule has 2 heterocycles. The lowest BCUT2D eigenvalue weighted by molar-refractivity contribution is 0.323. The summed E-state index contributed by atoms with van der Waals surface area (Å²) in [5, 5.41) is 0. The lowest BCUT2D eigenvalue weighted by Crippen LogP contribution is -2.21. The third-order valence-corrected chi connectivity index (χ3v) is 4.70. The van der Waals surface area contributed by atoms with Crippen LogP contribution in [0.15, 0.2) is 30.5 Å². The number of aryl methyl sites for hydroxylation is 1. The number of rotatable bonds is 5. The number of hydrogen-bond acceptors (Lipinski definition) is 3. The van der Waals surface area contributed by atoms with Gasteiger partial charge in [-0.25, -0.2) is 4.98 Å². The quantitative estimate of drug-likeness (QED) is 0.842. The van der Waals surface area contributed by atoms with Crippen LogP contribution in [0.25, 0.3) is 0 Å². The van der Waals surface area contributed by atoms with Crippen molar-refractivity contribution in [3.05, 3.63) is 47.5 Å². The standard InChI is InChI=1S/C19H27N3O/c1-14(2)22-15(3)11-20-19(22)17-8-9-21(13-17)12-16-6-5-7-18(10-16)23-4/h5-7,10-11,14,17H,8-9,12-13H2,1-4H3. The Morgan fingerprint density at radius 1 is 1.35 bits per heavy atom. The highest BCUT2D eigenvalue weighted by Crippen LogP contribution is 2.30. The van der Waals surface area contributed by atoms with E-state index >= 15 is 0 Å². The van der Waals surface area contributed by atoms with Gasteiger partial charge in [-0.1, -0.05) is 12.1 Å². The Balaban J connectivity index is 1.69. The molecule has 1 saturated heterocycles. The maximum Gasteiger partial charge on any atom is 0.119 e. The maximum absolute atomic E-state index is 5.32. The number of methoxy groups -OCH3 is 1. The highest BCUT2D eigenvalue weighted by Gasteiger charge is 2.28. The lowest BCUT2D eigenvalue weighted by atomic mass is 10.1. The zero-order valence-corrected chi connectivity index (χ0v) is 14.6. The molecule has 1 unspecified atom stereocenters. The predicted molar refractivity (Wildman–Crippen MR) is 93.0 cm³/mol. The monoisotopic (exact) mass is 313 g/mol. The van der Waals surface area contributed by atoms with Crippen LogP contribution in [-0.2, 0) is 6.54 Å². The summed E-state index contributed by atoms with van der Waals surface area (Å²) in [5.74, 6) is 2.73. The SMILES string of the molecule is COc1cccc(CN2CCC(c3ncc(C)n3C(C)C)C2)c1. The molecule has 1 aromatic carbocycles. The predicted octanol–water partition coefficient (Wildman–Crippen LogP) is 3.77. The number of benzene rings is 1. The highest BCUT2D eigenvalue weighted by atomic mass is 16.5. The molecule has 2 aromatic rings. The molecular formula is C19H27N3O. The molecule has 0 amide bonds. The Hall–Kier alpha value is -1.81. The Morgan fingerprint density at radius 3 is 2.91 bits per heavy atom. The van der Waals surface area contributed by atoms with E-state index in [1.54, 1.807) is 7.11 Å². The van der Waals surface area contributed by atoms with Gasteiger partial charge in [-0.05, 0) is 51.4 Å². The molecule has 23 heavy (non-hydrogen) atoms. The van der Waals surface area contributed by atoms with Gasteiger partial charge in [0.15, 0.2) is 0 Å². The number of hydrogen-bond donors (Lipinski definition) is 0. The van der Waals surface area contributed by atoms with Crippen molar-refractivity contribution in [2.45, 2.75) is 45.7 Å². The number of ether oxygens (including phenoxy) is 1. The van der Waals surface area contributed by atoms with E-state index in [-0.39, 0.29) is 0 Å². The van der Waals surface area contributed by atoms with Gasteiger partial charge >= 0.3 is 0 Å². The van der Waals surface area contributed by atoms with Gasteiger partial charge in [-0.2, -0.15) is 0 Å². The minimum atomic E-state index is 0.472. The molecule has 1 aromatic heterocycles. The second-order valence-electron chi connectivity index (χ2n) is 6.79. The first-order valence-corrected chi connectivity index (χ1v) is 8.47. The first kappa shape index (κ1) is 16.1. The summed E-state index contributed by atoms with van der Waals surface area (Å²) in [5.41, 5.74) is 2.58. The van der Waals surface area contributed by atoms with Crippen molar-refractivity contribution < 1.29 is 4.74 Å². The van der Waals surface area contributed by atoms with Crippen LogP contribution >= 0.6 is 0 Å². The minimum Gasteiger partial charge on any atom is -0.497 e. The van der Waals surface area contributed by atoms with Gasteiger partial charge < -0.3 is 9.30 Å². The topological polar surface area (TPSA) is 30.3 Å². The normalized spacial score (nSPS) is 18.7. The summed E-state index contributed by atoms with van der Waals surface area (Å²) in [6.45, 7) is 9.82. The fraction of sp³-hybridized carbons (Fsp3) is 0.526. The van der Waals surface area contributed by atoms with Crippen LogP contribution < -0.4 is 4.74 Å². The van der Waals surface area contributed by atoms with Crippen LogP contribution in [0.5, 0.6) is 5.75 Å². The van der Waals surface area contributed by atoms with Crippen molar-refractivity contribution >= 4 is 0 Å². The maximum atomic E-state index is 5.32. The van der Waals surface area contributed by atoms with Crippen molar-refractivity contribution in [1.29, 1.82) is 0 Å². The minimum absolute atomic E-state index is 0.472. The summed E-state index contributed by atoms with van der Waals surface area (Å²) in [4.78, 5) is 7.23. The Kier molecular flexibility index (Phi) is 4.71. The molecular weight excluding hydrogens is 286 g/mol. The van der Waals surface area contributed by atoms with Crippen molar-refractivity contribution in [2.75, 3.05) is 20.2 Å². The average Bonchev–Trinajstić information content (AvgIpc) is 3.13. The number of likely N-dealkylation sites (tertiary alicyclic amines) is 1. The molecule has 0 radical (unpaired) electrons. The van der Waals surface area contributed by atoms with Crippen LogP contribution in [0.1, 0.15) is 49.3 Å². The van der Waals surface area contributed by atoms with E-state index in [4.69, 9.17) is 9.72 Å². The largest absolute Gasteiger partial charge is 0.497 e. The van der Waals surface area contributed by atoms with Gasteiger partial charge in [0.25, 0.3) is 0 Å². The molecule has 0 N–H and O–H groups in total. The summed E-state index contributed by atoms with van der Waals surface area (Å²) in [6, 6.07) is 8.84. The number of imidazole rings is 1. The summed E-state index contributed by atoms with van der Waals surface area (Å²) in [7, 11) is 1.72. The molecule has 0 spiro atoms. The summed E-state index contributed by atoms with van der Waals surface area (Å²) < 4.78 is 7.71. The van der Waals surface area contributed by atoms with Gasteiger partial charge in [-0.3, -0.25) is 4.90 Å². The molecule has 1 aliphatic heterocycles. The summed E-state index contributed by atoms with van der Waals surface area (Å²) >= 11 is 0. The number of aromatic nitrogens is 2. The van der Waals surface area contributed by atoms with Gasteiger partial charge in [0.05, 0.1) is 7.11 Å². The van der Waals surface area contributed by atoms with Crippen LogP contribution in [0.4, 0.5) is 0 Å². The molecule has 3 rings (SSSR count). The molecule has 4 nitrogen and oxygen atoms in total. The van der Waals surface area contributed by atoms with E-state index in [9.17, 15) is 0 Å². The first-order valence-electron chi connectivity index (χ1n) is 8.47. The van der Waals surface area contributed by atoms with Crippen LogP contribution in [0.2, 0.25) is 0 Å². The molecule has 124 valence electrons. The van der Waals surface area contributed by atoms with Crippen LogP contribution in [0.3, 0.4) is 0 Å². The summed E-state index contributed by atoms with van der Waals surface area (Å²) in [6.07, 6.45) is 3.20. The van der Waals surface area contributed by atoms with Crippen LogP contribution in [-0.4, -0.2) is 34.7 Å². The average molecular weight is 313 g/mol. The highest BCUT2D eigenvalue weighted by molar-refractivity contribution is 5.28. The van der Waals surface area contributed by atoms with Crippen LogP contribution in [0, 0.1) is 6.92 Å². The zero-order valence-electron chi connectivity index (χ0n) is 14.6. The second-order valence-corrected chi connectivity index (χ2v) is 6.79. The fourth-order valence-corrected chi connectivity index (χ4v) is 3.65. The van der Waals surface area contributed by atoms with Gasteiger partial charge in [0.1, 0.15) is 11.6 Å². The van der Waals surface area contributed by atoms with E-state index < -0.39 is 0 Å². The lowest BCUT2D eigenvalue weighted by Gasteiger charge is -2.19. The molecule has 0 bridgehead atoms. The Labute approximate surface area is 139 Å². The van der Waals surface area contributed by atoms with E-state index in [2.05, 4.69) is 48.4 Å². The fourth-order valence-electron chi connectivity index (χ4n) is 3.65. The van der Waals surface area contributed by atoms with Crippen molar-refractivity contribution in [3.63, 3.8) is 0 Å². The van der Waals surface area contributed by atoms with E-state index in [1.807, 2.05) is 12.3 Å². The molecule has 0 aliphatic carbocycles. The molecule has 1 aliphatic rings. The third kappa shape index (κ3) is 3.42. The second kappa shape index (κ2) is 6.75. The Morgan fingerprint density at radius 2 is 2.17 bits per heavy atom. The van der Waals surface area contributed by atoms with Gasteiger partial charge in [-0.15, -0.1) is 0 Å². The smallest absolute Gasteiger partial charge is 0.119 e. The van der Waals surface area contributed by atoms with Gasteiger partial charge in [0, 0.05) is 36.9 Å². The molecule has 1 fully saturated rings. The van der Waals surface area contributed by atoms with Gasteiger partial charge in [0.2, 0.25) is 0 Å². The van der Waals surface area contributed by atoms with Crippen molar-refractivity contribution in [2.24, 2.45) is 0 Å².